The van der Waals surface area contributed by atoms with Gasteiger partial charge in [0.25, 0.3) is 5.56 Å². The molecule has 1 saturated carbocycles. The van der Waals surface area contributed by atoms with Gasteiger partial charge < -0.3 is 15.1 Å². The number of nitrogens with zero attached hydrogens (tertiary/aromatic N) is 5. The third-order valence-corrected chi connectivity index (χ3v) is 6.22. The quantitative estimate of drug-likeness (QED) is 0.495. The van der Waals surface area contributed by atoms with Gasteiger partial charge in [-0.1, -0.05) is 26.8 Å². The molecule has 3 aromatic heterocycles. The van der Waals surface area contributed by atoms with Crippen molar-refractivity contribution in [2.24, 2.45) is 0 Å². The molecule has 2 N–H and O–H groups in total. The van der Waals surface area contributed by atoms with Gasteiger partial charge in [0.2, 0.25) is 11.8 Å². The molecule has 2 aliphatic rings. The van der Waals surface area contributed by atoms with Crippen LogP contribution in [0, 0.1) is 0 Å². The summed E-state index contributed by atoms with van der Waals surface area (Å²) in [4.78, 5) is 27.1. The Kier molecular flexibility index (Phi) is 4.45. The Labute approximate surface area is 190 Å². The molecule has 0 unspecified atom stereocenters. The normalized spacial score (nSPS) is 16.2. The zero-order valence-corrected chi connectivity index (χ0v) is 19.1. The van der Waals surface area contributed by atoms with Crippen LogP contribution in [0.3, 0.4) is 0 Å². The van der Waals surface area contributed by atoms with E-state index in [0.717, 1.165) is 38.0 Å². The highest BCUT2D eigenvalue weighted by atomic mass is 16.3. The number of rotatable bonds is 4. The number of oxazole rings is 1. The Bertz CT molecular complexity index is 1420. The number of benzene rings is 1. The summed E-state index contributed by atoms with van der Waals surface area (Å²) in [7, 11) is 0. The van der Waals surface area contributed by atoms with E-state index in [9.17, 15) is 4.79 Å². The molecule has 0 spiro atoms. The predicted octanol–water partition coefficient (Wildman–Crippen LogP) is 3.59. The summed E-state index contributed by atoms with van der Waals surface area (Å²) in [6.07, 6.45) is 6.13. The van der Waals surface area contributed by atoms with Crippen LogP contribution in [-0.2, 0) is 18.4 Å². The number of aromatic nitrogens is 5. The van der Waals surface area contributed by atoms with E-state index in [-0.39, 0.29) is 17.0 Å². The molecule has 1 aromatic carbocycles. The standard InChI is InChI=1S/C24H27N7O2/c1-24(2,3)22-28-19(13-33-22)31-20-18(21(32)30(31)17-6-7-17)12-26-23(29-20)27-16-5-4-15-11-25-9-8-14(15)10-16/h4-5,10,12-13,17,25H,6-9,11H2,1-3H3,(H,26,27,29). The molecule has 170 valence electrons. The van der Waals surface area contributed by atoms with Gasteiger partial charge in [-0.15, -0.1) is 0 Å². The maximum atomic E-state index is 13.2. The van der Waals surface area contributed by atoms with Gasteiger partial charge >= 0.3 is 0 Å². The molecule has 9 heteroatoms. The van der Waals surface area contributed by atoms with Crippen molar-refractivity contribution >= 4 is 22.7 Å². The first-order valence-corrected chi connectivity index (χ1v) is 11.4. The maximum absolute atomic E-state index is 13.2. The number of hydrogen-bond donors (Lipinski definition) is 2. The minimum atomic E-state index is -0.240. The Morgan fingerprint density at radius 2 is 2.03 bits per heavy atom. The van der Waals surface area contributed by atoms with Gasteiger partial charge in [-0.2, -0.15) is 9.97 Å². The van der Waals surface area contributed by atoms with Crippen LogP contribution < -0.4 is 16.2 Å². The van der Waals surface area contributed by atoms with Gasteiger partial charge in [0.05, 0.1) is 6.04 Å². The van der Waals surface area contributed by atoms with Crippen molar-refractivity contribution in [2.45, 2.75) is 58.0 Å². The first-order chi connectivity index (χ1) is 15.9. The van der Waals surface area contributed by atoms with Crippen LogP contribution in [0.1, 0.15) is 56.7 Å². The zero-order chi connectivity index (χ0) is 22.7. The van der Waals surface area contributed by atoms with Crippen LogP contribution in [0.5, 0.6) is 0 Å². The lowest BCUT2D eigenvalue weighted by molar-refractivity contribution is 0.392. The predicted molar refractivity (Wildman–Crippen MR) is 125 cm³/mol. The van der Waals surface area contributed by atoms with Gasteiger partial charge in [-0.05, 0) is 49.1 Å². The second-order valence-corrected chi connectivity index (χ2v) is 9.92. The van der Waals surface area contributed by atoms with Gasteiger partial charge in [-0.25, -0.2) is 14.3 Å². The highest BCUT2D eigenvalue weighted by Crippen LogP contribution is 2.36. The summed E-state index contributed by atoms with van der Waals surface area (Å²) in [6.45, 7) is 8.01. The highest BCUT2D eigenvalue weighted by Gasteiger charge is 2.32. The Balaban J connectivity index is 1.44. The molecule has 0 bridgehead atoms. The lowest BCUT2D eigenvalue weighted by atomic mass is 9.97. The van der Waals surface area contributed by atoms with E-state index >= 15 is 0 Å². The van der Waals surface area contributed by atoms with E-state index in [1.165, 1.54) is 11.1 Å². The molecule has 1 aliphatic carbocycles. The van der Waals surface area contributed by atoms with E-state index in [2.05, 4.69) is 27.8 Å². The van der Waals surface area contributed by atoms with Crippen molar-refractivity contribution in [3.63, 3.8) is 0 Å². The summed E-state index contributed by atoms with van der Waals surface area (Å²) >= 11 is 0. The summed E-state index contributed by atoms with van der Waals surface area (Å²) in [5.74, 6) is 1.62. The van der Waals surface area contributed by atoms with E-state index in [1.807, 2.05) is 26.8 Å². The highest BCUT2D eigenvalue weighted by molar-refractivity contribution is 5.77. The minimum Gasteiger partial charge on any atom is -0.446 e. The largest absolute Gasteiger partial charge is 0.446 e. The smallest absolute Gasteiger partial charge is 0.278 e. The first-order valence-electron chi connectivity index (χ1n) is 11.4. The third-order valence-electron chi connectivity index (χ3n) is 6.22. The molecule has 33 heavy (non-hydrogen) atoms. The number of hydrogen-bond acceptors (Lipinski definition) is 7. The fraction of sp³-hybridized carbons (Fsp3) is 0.417. The van der Waals surface area contributed by atoms with Crippen LogP contribution in [0.15, 0.2) is 39.9 Å². The van der Waals surface area contributed by atoms with Crippen molar-refractivity contribution in [1.29, 1.82) is 0 Å². The van der Waals surface area contributed by atoms with E-state index in [4.69, 9.17) is 14.4 Å². The van der Waals surface area contributed by atoms with Crippen molar-refractivity contribution < 1.29 is 4.42 Å². The van der Waals surface area contributed by atoms with Crippen LogP contribution in [0.4, 0.5) is 11.6 Å². The average molecular weight is 446 g/mol. The Morgan fingerprint density at radius 1 is 1.18 bits per heavy atom. The maximum Gasteiger partial charge on any atom is 0.278 e. The van der Waals surface area contributed by atoms with Crippen LogP contribution in [0.2, 0.25) is 0 Å². The zero-order valence-electron chi connectivity index (χ0n) is 19.1. The van der Waals surface area contributed by atoms with E-state index in [0.29, 0.717) is 28.7 Å². The number of nitrogens with one attached hydrogen (secondary N) is 2. The summed E-state index contributed by atoms with van der Waals surface area (Å²) in [6, 6.07) is 6.46. The molecule has 1 fully saturated rings. The fourth-order valence-corrected chi connectivity index (χ4v) is 4.32. The molecule has 6 rings (SSSR count). The molecule has 4 heterocycles. The van der Waals surface area contributed by atoms with Crippen LogP contribution >= 0.6 is 0 Å². The van der Waals surface area contributed by atoms with Gasteiger partial charge in [0.1, 0.15) is 11.6 Å². The number of anilines is 2. The topological polar surface area (TPSA) is 103 Å². The van der Waals surface area contributed by atoms with Gasteiger partial charge in [-0.3, -0.25) is 4.79 Å². The molecular weight excluding hydrogens is 418 g/mol. The third kappa shape index (κ3) is 3.52. The SMILES string of the molecule is CC(C)(C)c1nc(-n2c3nc(Nc4ccc5c(c4)CCNC5)ncc3c(=O)n2C2CC2)co1. The summed E-state index contributed by atoms with van der Waals surface area (Å²) in [5, 5.41) is 7.18. The van der Waals surface area contributed by atoms with Gasteiger partial charge in [0.15, 0.2) is 11.5 Å². The molecule has 4 aromatic rings. The lowest BCUT2D eigenvalue weighted by Crippen LogP contribution is -2.23. The molecule has 0 amide bonds. The molecule has 9 nitrogen and oxygen atoms in total. The Morgan fingerprint density at radius 3 is 2.79 bits per heavy atom. The lowest BCUT2D eigenvalue weighted by Gasteiger charge is -2.18. The average Bonchev–Trinajstić information content (AvgIpc) is 3.42. The van der Waals surface area contributed by atoms with Crippen molar-refractivity contribution in [3.8, 4) is 5.82 Å². The van der Waals surface area contributed by atoms with Crippen LogP contribution in [-0.4, -0.2) is 30.9 Å². The summed E-state index contributed by atoms with van der Waals surface area (Å²) in [5.41, 5.74) is 3.77. The molecule has 0 saturated heterocycles. The first kappa shape index (κ1) is 20.2. The van der Waals surface area contributed by atoms with E-state index in [1.54, 1.807) is 21.8 Å². The number of fused-ring (bicyclic) bond motifs is 2. The minimum absolute atomic E-state index is 0.0966. The second-order valence-electron chi connectivity index (χ2n) is 9.92. The Hall–Kier alpha value is -3.46. The van der Waals surface area contributed by atoms with Crippen molar-refractivity contribution in [1.82, 2.24) is 29.6 Å². The van der Waals surface area contributed by atoms with E-state index < -0.39 is 0 Å². The molecule has 0 radical (unpaired) electrons. The van der Waals surface area contributed by atoms with Gasteiger partial charge in [0, 0.05) is 23.8 Å². The van der Waals surface area contributed by atoms with Crippen LogP contribution in [0.25, 0.3) is 16.9 Å². The monoisotopic (exact) mass is 445 g/mol. The van der Waals surface area contributed by atoms with Crippen molar-refractivity contribution in [2.75, 3.05) is 11.9 Å². The fourth-order valence-electron chi connectivity index (χ4n) is 4.32. The summed E-state index contributed by atoms with van der Waals surface area (Å²) < 4.78 is 9.30. The van der Waals surface area contributed by atoms with Crippen molar-refractivity contribution in [3.05, 3.63) is 58.0 Å². The second kappa shape index (κ2) is 7.28. The molecular formula is C24H27N7O2. The molecule has 0 atom stereocenters. The molecule has 1 aliphatic heterocycles.